The summed E-state index contributed by atoms with van der Waals surface area (Å²) in [6.45, 7) is 0. The molecule has 0 aliphatic rings. The van der Waals surface area contributed by atoms with Crippen molar-refractivity contribution in [1.82, 2.24) is 0 Å². The average molecular weight is 361 g/mol. The molecular formula is C19H21ClN2O3. The molecule has 0 atom stereocenters. The number of hydrogen-bond acceptors (Lipinski definition) is 5. The number of rotatable bonds is 6. The second-order valence-electron chi connectivity index (χ2n) is 5.60. The first-order chi connectivity index (χ1) is 11.9. The molecule has 2 rings (SSSR count). The van der Waals surface area contributed by atoms with Crippen LogP contribution >= 0.6 is 11.6 Å². The van der Waals surface area contributed by atoms with Crippen LogP contribution in [0.25, 0.3) is 6.08 Å². The Kier molecular flexibility index (Phi) is 5.93. The molecule has 2 aromatic carbocycles. The van der Waals surface area contributed by atoms with E-state index in [-0.39, 0.29) is 10.8 Å². The van der Waals surface area contributed by atoms with Gasteiger partial charge in [0.05, 0.1) is 36.2 Å². The van der Waals surface area contributed by atoms with Gasteiger partial charge in [-0.3, -0.25) is 4.79 Å². The number of carbonyl (C=O) groups is 1. The average Bonchev–Trinajstić information content (AvgIpc) is 2.61. The summed E-state index contributed by atoms with van der Waals surface area (Å²) in [6, 6.07) is 10.4. The van der Waals surface area contributed by atoms with E-state index >= 15 is 0 Å². The summed E-state index contributed by atoms with van der Waals surface area (Å²) in [5.74, 6) is 0.639. The van der Waals surface area contributed by atoms with E-state index < -0.39 is 0 Å². The van der Waals surface area contributed by atoms with Crippen molar-refractivity contribution in [2.24, 2.45) is 0 Å². The molecule has 132 valence electrons. The molecule has 0 aliphatic carbocycles. The van der Waals surface area contributed by atoms with Crippen LogP contribution in [-0.4, -0.2) is 34.1 Å². The number of nitrogens with two attached hydrogens (primary N) is 1. The molecule has 2 N–H and O–H groups in total. The molecule has 0 aromatic heterocycles. The van der Waals surface area contributed by atoms with Crippen LogP contribution in [0.15, 0.2) is 41.4 Å². The third-order valence-corrected chi connectivity index (χ3v) is 3.98. The highest BCUT2D eigenvalue weighted by Gasteiger charge is 2.17. The molecule has 0 aliphatic heterocycles. The minimum atomic E-state index is -0.347. The normalized spacial score (nSPS) is 11.2. The van der Waals surface area contributed by atoms with E-state index in [1.807, 2.05) is 25.1 Å². The Balaban J connectivity index is 2.40. The van der Waals surface area contributed by atoms with Crippen LogP contribution in [0.5, 0.6) is 11.5 Å². The van der Waals surface area contributed by atoms with Crippen LogP contribution in [0, 0.1) is 0 Å². The molecule has 6 heteroatoms. The lowest BCUT2D eigenvalue weighted by Gasteiger charge is -2.15. The molecule has 0 radical (unpaired) electrons. The van der Waals surface area contributed by atoms with Crippen molar-refractivity contribution in [2.45, 2.75) is 0 Å². The van der Waals surface area contributed by atoms with Crippen molar-refractivity contribution in [1.29, 1.82) is 0 Å². The lowest BCUT2D eigenvalue weighted by Crippen LogP contribution is -2.11. The zero-order chi connectivity index (χ0) is 18.6. The van der Waals surface area contributed by atoms with Crippen LogP contribution < -0.4 is 20.1 Å². The zero-order valence-electron chi connectivity index (χ0n) is 14.7. The summed E-state index contributed by atoms with van der Waals surface area (Å²) >= 11 is 6.27. The van der Waals surface area contributed by atoms with Crippen molar-refractivity contribution in [2.75, 3.05) is 38.9 Å². The number of methoxy groups -OCH3 is 2. The minimum Gasteiger partial charge on any atom is -0.497 e. The van der Waals surface area contributed by atoms with Gasteiger partial charge in [0.25, 0.3) is 0 Å². The van der Waals surface area contributed by atoms with Gasteiger partial charge in [-0.15, -0.1) is 0 Å². The summed E-state index contributed by atoms with van der Waals surface area (Å²) in [5, 5.41) is 0.0704. The Morgan fingerprint density at radius 1 is 1.12 bits per heavy atom. The quantitative estimate of drug-likeness (QED) is 0.482. The Morgan fingerprint density at radius 2 is 1.84 bits per heavy atom. The van der Waals surface area contributed by atoms with Crippen molar-refractivity contribution < 1.29 is 14.3 Å². The Hall–Kier alpha value is -2.66. The number of ketones is 1. The van der Waals surface area contributed by atoms with Gasteiger partial charge in [0.15, 0.2) is 0 Å². The van der Waals surface area contributed by atoms with Gasteiger partial charge in [-0.05, 0) is 42.0 Å². The Morgan fingerprint density at radius 3 is 2.44 bits per heavy atom. The largest absolute Gasteiger partial charge is 0.497 e. The third kappa shape index (κ3) is 4.25. The monoisotopic (exact) mass is 360 g/mol. The number of ether oxygens (including phenoxy) is 2. The SMILES string of the molecule is COc1ccc(OC)c(C(=O)C(Cl)=Cc2ccc(N)c(N(C)C)c2)c1. The standard InChI is InChI=1S/C19H21ClN2O3/c1-22(2)17-10-12(5-7-16(17)21)9-15(20)19(23)14-11-13(24-3)6-8-18(14)25-4/h5-11H,21H2,1-4H3. The summed E-state index contributed by atoms with van der Waals surface area (Å²) in [5.41, 5.74) is 8.57. The minimum absolute atomic E-state index is 0.0704. The first-order valence-corrected chi connectivity index (χ1v) is 7.96. The summed E-state index contributed by atoms with van der Waals surface area (Å²) in [7, 11) is 6.82. The van der Waals surface area contributed by atoms with Gasteiger partial charge in [0, 0.05) is 14.1 Å². The van der Waals surface area contributed by atoms with Gasteiger partial charge in [-0.1, -0.05) is 17.7 Å². The maximum atomic E-state index is 12.7. The smallest absolute Gasteiger partial charge is 0.208 e. The van der Waals surface area contributed by atoms with E-state index in [1.165, 1.54) is 14.2 Å². The van der Waals surface area contributed by atoms with E-state index in [2.05, 4.69) is 0 Å². The summed E-state index contributed by atoms with van der Waals surface area (Å²) in [4.78, 5) is 14.6. The van der Waals surface area contributed by atoms with Gasteiger partial charge in [0.2, 0.25) is 5.78 Å². The molecule has 0 fully saturated rings. The van der Waals surface area contributed by atoms with E-state index in [0.29, 0.717) is 22.7 Å². The molecule has 0 heterocycles. The van der Waals surface area contributed by atoms with Crippen molar-refractivity contribution in [3.8, 4) is 11.5 Å². The second kappa shape index (κ2) is 7.94. The first kappa shape index (κ1) is 18.7. The fourth-order valence-electron chi connectivity index (χ4n) is 2.37. The number of anilines is 2. The van der Waals surface area contributed by atoms with Gasteiger partial charge in [0.1, 0.15) is 11.5 Å². The highest BCUT2D eigenvalue weighted by Crippen LogP contribution is 2.29. The van der Waals surface area contributed by atoms with Crippen molar-refractivity contribution in [3.63, 3.8) is 0 Å². The van der Waals surface area contributed by atoms with Gasteiger partial charge in [-0.25, -0.2) is 0 Å². The molecule has 0 saturated heterocycles. The molecule has 0 amide bonds. The molecule has 0 spiro atoms. The maximum Gasteiger partial charge on any atom is 0.208 e. The number of halogens is 1. The maximum absolute atomic E-state index is 12.7. The predicted molar refractivity (Wildman–Crippen MR) is 103 cm³/mol. The van der Waals surface area contributed by atoms with Crippen LogP contribution in [0.4, 0.5) is 11.4 Å². The number of nitrogen functional groups attached to an aromatic ring is 1. The number of benzene rings is 2. The highest BCUT2D eigenvalue weighted by atomic mass is 35.5. The third-order valence-electron chi connectivity index (χ3n) is 3.70. The van der Waals surface area contributed by atoms with Crippen LogP contribution in [-0.2, 0) is 0 Å². The number of carbonyl (C=O) groups excluding carboxylic acids is 1. The highest BCUT2D eigenvalue weighted by molar-refractivity contribution is 6.47. The second-order valence-corrected chi connectivity index (χ2v) is 6.01. The predicted octanol–water partition coefficient (Wildman–Crippen LogP) is 3.81. The van der Waals surface area contributed by atoms with E-state index in [4.69, 9.17) is 26.8 Å². The Labute approximate surface area is 152 Å². The van der Waals surface area contributed by atoms with Crippen molar-refractivity contribution in [3.05, 3.63) is 52.6 Å². The Bertz CT molecular complexity index is 816. The van der Waals surface area contributed by atoms with Crippen LogP contribution in [0.1, 0.15) is 15.9 Å². The van der Waals surface area contributed by atoms with E-state index in [0.717, 1.165) is 11.3 Å². The summed E-state index contributed by atoms with van der Waals surface area (Å²) < 4.78 is 10.4. The molecule has 25 heavy (non-hydrogen) atoms. The van der Waals surface area contributed by atoms with Gasteiger partial charge < -0.3 is 20.1 Å². The molecular weight excluding hydrogens is 340 g/mol. The van der Waals surface area contributed by atoms with Crippen LogP contribution in [0.3, 0.4) is 0 Å². The lowest BCUT2D eigenvalue weighted by molar-refractivity contribution is 0.104. The van der Waals surface area contributed by atoms with E-state index in [1.54, 1.807) is 36.4 Å². The number of nitrogens with zero attached hydrogens (tertiary/aromatic N) is 1. The number of allylic oxidation sites excluding steroid dienone is 1. The molecule has 0 unspecified atom stereocenters. The summed E-state index contributed by atoms with van der Waals surface area (Å²) in [6.07, 6.45) is 1.61. The van der Waals surface area contributed by atoms with Crippen LogP contribution in [0.2, 0.25) is 0 Å². The molecule has 5 nitrogen and oxygen atoms in total. The zero-order valence-corrected chi connectivity index (χ0v) is 15.4. The fraction of sp³-hybridized carbons (Fsp3) is 0.211. The van der Waals surface area contributed by atoms with E-state index in [9.17, 15) is 4.79 Å². The lowest BCUT2D eigenvalue weighted by atomic mass is 10.1. The number of hydrogen-bond donors (Lipinski definition) is 1. The number of Topliss-reactive ketones (excluding diaryl/α,β-unsaturated/α-hetero) is 1. The fourth-order valence-corrected chi connectivity index (χ4v) is 2.60. The van der Waals surface area contributed by atoms with Gasteiger partial charge >= 0.3 is 0 Å². The van der Waals surface area contributed by atoms with Gasteiger partial charge in [-0.2, -0.15) is 0 Å². The van der Waals surface area contributed by atoms with Crippen molar-refractivity contribution >= 4 is 34.8 Å². The topological polar surface area (TPSA) is 64.8 Å². The first-order valence-electron chi connectivity index (χ1n) is 7.58. The molecule has 2 aromatic rings. The molecule has 0 bridgehead atoms. The molecule has 0 saturated carbocycles.